The molecule has 1 heterocycles. The zero-order valence-corrected chi connectivity index (χ0v) is 17.8. The van der Waals surface area contributed by atoms with Crippen molar-refractivity contribution in [1.82, 2.24) is 9.80 Å². The van der Waals surface area contributed by atoms with Crippen LogP contribution in [0.3, 0.4) is 0 Å². The number of anilines is 1. The second-order valence-electron chi connectivity index (χ2n) is 7.26. The fourth-order valence-corrected chi connectivity index (χ4v) is 3.54. The SMILES string of the molecule is CC(C(=O)Nc1ccc(C(N)=O)cc1)N1CCN(CCOc2ccccc2Cl)CC1. The minimum absolute atomic E-state index is 0.0719. The van der Waals surface area contributed by atoms with Gasteiger partial charge < -0.3 is 15.8 Å². The topological polar surface area (TPSA) is 87.9 Å². The highest BCUT2D eigenvalue weighted by molar-refractivity contribution is 6.32. The first kappa shape index (κ1) is 22.1. The molecule has 160 valence electrons. The van der Waals surface area contributed by atoms with Gasteiger partial charge in [-0.1, -0.05) is 23.7 Å². The molecule has 1 aliphatic rings. The summed E-state index contributed by atoms with van der Waals surface area (Å²) in [5, 5.41) is 3.51. The van der Waals surface area contributed by atoms with Gasteiger partial charge in [-0.25, -0.2) is 0 Å². The van der Waals surface area contributed by atoms with Gasteiger partial charge in [0.1, 0.15) is 12.4 Å². The van der Waals surface area contributed by atoms with Gasteiger partial charge in [0.2, 0.25) is 11.8 Å². The molecule has 0 aromatic heterocycles. The molecule has 1 unspecified atom stereocenters. The molecular formula is C22H27ClN4O3. The fraction of sp³-hybridized carbons (Fsp3) is 0.364. The normalized spacial score (nSPS) is 16.1. The lowest BCUT2D eigenvalue weighted by molar-refractivity contribution is -0.121. The number of para-hydroxylation sites is 1. The lowest BCUT2D eigenvalue weighted by Crippen LogP contribution is -2.53. The van der Waals surface area contributed by atoms with Crippen LogP contribution in [0.4, 0.5) is 5.69 Å². The van der Waals surface area contributed by atoms with Crippen LogP contribution in [0.1, 0.15) is 17.3 Å². The van der Waals surface area contributed by atoms with Crippen molar-refractivity contribution < 1.29 is 14.3 Å². The molecule has 0 radical (unpaired) electrons. The first-order valence-corrected chi connectivity index (χ1v) is 10.4. The van der Waals surface area contributed by atoms with Crippen molar-refractivity contribution in [2.75, 3.05) is 44.6 Å². The van der Waals surface area contributed by atoms with E-state index in [1.807, 2.05) is 31.2 Å². The molecule has 0 bridgehead atoms. The Bertz CT molecular complexity index is 867. The number of hydrogen-bond donors (Lipinski definition) is 2. The summed E-state index contributed by atoms with van der Waals surface area (Å²) in [5.41, 5.74) is 6.30. The molecule has 1 saturated heterocycles. The standard InChI is InChI=1S/C22H27ClN4O3/c1-16(22(29)25-18-8-6-17(7-9-18)21(24)28)27-12-10-26(11-13-27)14-15-30-20-5-3-2-4-19(20)23/h2-9,16H,10-15H2,1H3,(H2,24,28)(H,25,29). The predicted octanol–water partition coefficient (Wildman–Crippen LogP) is 2.46. The van der Waals surface area contributed by atoms with Crippen molar-refractivity contribution in [2.24, 2.45) is 5.73 Å². The molecule has 1 atom stereocenters. The molecule has 30 heavy (non-hydrogen) atoms. The summed E-state index contributed by atoms with van der Waals surface area (Å²) in [4.78, 5) is 28.2. The number of nitrogens with two attached hydrogens (primary N) is 1. The molecule has 1 aliphatic heterocycles. The minimum Gasteiger partial charge on any atom is -0.491 e. The number of benzene rings is 2. The number of carbonyl (C=O) groups excluding carboxylic acids is 2. The number of nitrogens with one attached hydrogen (secondary N) is 1. The van der Waals surface area contributed by atoms with Gasteiger partial charge in [0.25, 0.3) is 0 Å². The summed E-state index contributed by atoms with van der Waals surface area (Å²) in [7, 11) is 0. The third-order valence-electron chi connectivity index (χ3n) is 5.27. The van der Waals surface area contributed by atoms with E-state index >= 15 is 0 Å². The Labute approximate surface area is 181 Å². The van der Waals surface area contributed by atoms with Crippen molar-refractivity contribution in [1.29, 1.82) is 0 Å². The highest BCUT2D eigenvalue weighted by Crippen LogP contribution is 2.23. The van der Waals surface area contributed by atoms with Crippen LogP contribution in [0, 0.1) is 0 Å². The van der Waals surface area contributed by atoms with Crippen molar-refractivity contribution in [3.05, 3.63) is 59.1 Å². The lowest BCUT2D eigenvalue weighted by Gasteiger charge is -2.37. The summed E-state index contributed by atoms with van der Waals surface area (Å²) in [6, 6.07) is 13.8. The number of primary amides is 1. The van der Waals surface area contributed by atoms with E-state index in [4.69, 9.17) is 22.1 Å². The molecule has 2 aromatic carbocycles. The van der Waals surface area contributed by atoms with Crippen LogP contribution in [0.2, 0.25) is 5.02 Å². The number of piperazine rings is 1. The largest absolute Gasteiger partial charge is 0.491 e. The van der Waals surface area contributed by atoms with Gasteiger partial charge >= 0.3 is 0 Å². The average molecular weight is 431 g/mol. The van der Waals surface area contributed by atoms with Crippen molar-refractivity contribution in [3.63, 3.8) is 0 Å². The Kier molecular flexibility index (Phi) is 7.68. The molecule has 3 rings (SSSR count). The van der Waals surface area contributed by atoms with Gasteiger partial charge in [0, 0.05) is 44.0 Å². The Morgan fingerprint density at radius 2 is 1.77 bits per heavy atom. The van der Waals surface area contributed by atoms with Gasteiger partial charge in [-0.05, 0) is 43.3 Å². The van der Waals surface area contributed by atoms with Crippen molar-refractivity contribution in [3.8, 4) is 5.75 Å². The molecule has 8 heteroatoms. The smallest absolute Gasteiger partial charge is 0.248 e. The number of hydrogen-bond acceptors (Lipinski definition) is 5. The van der Waals surface area contributed by atoms with Crippen molar-refractivity contribution in [2.45, 2.75) is 13.0 Å². The van der Waals surface area contributed by atoms with Crippen molar-refractivity contribution >= 4 is 29.1 Å². The van der Waals surface area contributed by atoms with E-state index in [9.17, 15) is 9.59 Å². The number of nitrogens with zero attached hydrogens (tertiary/aromatic N) is 2. The first-order chi connectivity index (χ1) is 14.4. The van der Waals surface area contributed by atoms with Gasteiger partial charge in [-0.15, -0.1) is 0 Å². The maximum absolute atomic E-state index is 12.6. The third kappa shape index (κ3) is 5.95. The van der Waals surface area contributed by atoms with Crippen LogP contribution in [0.15, 0.2) is 48.5 Å². The number of rotatable bonds is 8. The Morgan fingerprint density at radius 1 is 1.10 bits per heavy atom. The highest BCUT2D eigenvalue weighted by atomic mass is 35.5. The second kappa shape index (κ2) is 10.4. The Balaban J connectivity index is 1.40. The average Bonchev–Trinajstić information content (AvgIpc) is 2.75. The van der Waals surface area contributed by atoms with Crippen LogP contribution in [0.5, 0.6) is 5.75 Å². The second-order valence-corrected chi connectivity index (χ2v) is 7.67. The Morgan fingerprint density at radius 3 is 2.40 bits per heavy atom. The molecule has 7 nitrogen and oxygen atoms in total. The van der Waals surface area contributed by atoms with Crippen LogP contribution < -0.4 is 15.8 Å². The number of amides is 2. The Hall–Kier alpha value is -2.61. The lowest BCUT2D eigenvalue weighted by atomic mass is 10.1. The predicted molar refractivity (Wildman–Crippen MR) is 118 cm³/mol. The summed E-state index contributed by atoms with van der Waals surface area (Å²) >= 11 is 6.11. The molecule has 2 amide bonds. The summed E-state index contributed by atoms with van der Waals surface area (Å²) in [6.07, 6.45) is 0. The maximum Gasteiger partial charge on any atom is 0.248 e. The summed E-state index contributed by atoms with van der Waals surface area (Å²) in [5.74, 6) is 0.140. The molecule has 1 fully saturated rings. The quantitative estimate of drug-likeness (QED) is 0.671. The van der Waals surface area contributed by atoms with Crippen LogP contribution in [0.25, 0.3) is 0 Å². The van der Waals surface area contributed by atoms with Gasteiger partial charge in [0.15, 0.2) is 0 Å². The van der Waals surface area contributed by atoms with Crippen LogP contribution in [-0.4, -0.2) is 67.0 Å². The van der Waals surface area contributed by atoms with E-state index < -0.39 is 5.91 Å². The maximum atomic E-state index is 12.6. The third-order valence-corrected chi connectivity index (χ3v) is 5.58. The van der Waals surface area contributed by atoms with E-state index in [1.54, 1.807) is 24.3 Å². The molecule has 0 spiro atoms. The van der Waals surface area contributed by atoms with Gasteiger partial charge in [0.05, 0.1) is 11.1 Å². The van der Waals surface area contributed by atoms with E-state index in [0.717, 1.165) is 32.7 Å². The first-order valence-electron chi connectivity index (χ1n) is 9.98. The van der Waals surface area contributed by atoms with E-state index in [2.05, 4.69) is 15.1 Å². The number of halogens is 1. The number of ether oxygens (including phenoxy) is 1. The van der Waals surface area contributed by atoms with E-state index in [0.29, 0.717) is 28.6 Å². The molecule has 0 saturated carbocycles. The molecule has 0 aliphatic carbocycles. The van der Waals surface area contributed by atoms with Gasteiger partial charge in [-0.2, -0.15) is 0 Å². The molecule has 2 aromatic rings. The summed E-state index contributed by atoms with van der Waals surface area (Å²) in [6.45, 7) is 6.65. The number of carbonyl (C=O) groups is 2. The monoisotopic (exact) mass is 430 g/mol. The zero-order valence-electron chi connectivity index (χ0n) is 17.0. The minimum atomic E-state index is -0.489. The zero-order chi connectivity index (χ0) is 21.5. The van der Waals surface area contributed by atoms with E-state index in [-0.39, 0.29) is 11.9 Å². The fourth-order valence-electron chi connectivity index (χ4n) is 3.35. The highest BCUT2D eigenvalue weighted by Gasteiger charge is 2.25. The van der Waals surface area contributed by atoms with Crippen LogP contribution >= 0.6 is 11.6 Å². The van der Waals surface area contributed by atoms with Gasteiger partial charge in [-0.3, -0.25) is 19.4 Å². The molecule has 3 N–H and O–H groups in total. The van der Waals surface area contributed by atoms with E-state index in [1.165, 1.54) is 0 Å². The van der Waals surface area contributed by atoms with Crippen LogP contribution in [-0.2, 0) is 4.79 Å². The summed E-state index contributed by atoms with van der Waals surface area (Å²) < 4.78 is 5.76. The molecular weight excluding hydrogens is 404 g/mol.